The van der Waals surface area contributed by atoms with Crippen molar-refractivity contribution in [3.63, 3.8) is 0 Å². The Hall–Kier alpha value is -2.57. The average Bonchev–Trinajstić information content (AvgIpc) is 3.41. The number of amides is 1. The molecule has 2 atom stereocenters. The van der Waals surface area contributed by atoms with Crippen molar-refractivity contribution in [1.82, 2.24) is 15.2 Å². The summed E-state index contributed by atoms with van der Waals surface area (Å²) in [7, 11) is 0. The number of nitrogens with one attached hydrogen (secondary N) is 2. The molecule has 7 heteroatoms. The van der Waals surface area contributed by atoms with Crippen LogP contribution in [0.5, 0.6) is 0 Å². The van der Waals surface area contributed by atoms with E-state index in [9.17, 15) is 9.59 Å². The molecule has 0 spiro atoms. The number of para-hydroxylation sites is 1. The van der Waals surface area contributed by atoms with E-state index in [1.807, 2.05) is 42.3 Å². The van der Waals surface area contributed by atoms with E-state index >= 15 is 0 Å². The van der Waals surface area contributed by atoms with Gasteiger partial charge in [0.25, 0.3) is 5.91 Å². The smallest absolute Gasteiger partial charge is 0.349 e. The Balaban J connectivity index is 0.00000218. The third-order valence-electron chi connectivity index (χ3n) is 6.44. The summed E-state index contributed by atoms with van der Waals surface area (Å²) in [6.07, 6.45) is 4.38. The zero-order valence-corrected chi connectivity index (χ0v) is 17.8. The van der Waals surface area contributed by atoms with Crippen molar-refractivity contribution in [2.75, 3.05) is 19.6 Å². The number of fused-ring (bicyclic) bond motifs is 2. The first-order valence-electron chi connectivity index (χ1n) is 10.3. The highest BCUT2D eigenvalue weighted by Gasteiger charge is 2.41. The van der Waals surface area contributed by atoms with Gasteiger partial charge in [0.05, 0.1) is 0 Å². The number of carbonyl (C=O) groups is 1. The largest absolute Gasteiger partial charge is 0.427 e. The van der Waals surface area contributed by atoms with Crippen LogP contribution in [-0.4, -0.2) is 41.5 Å². The second-order valence-electron chi connectivity index (χ2n) is 8.19. The highest BCUT2D eigenvalue weighted by molar-refractivity contribution is 5.95. The van der Waals surface area contributed by atoms with E-state index in [-0.39, 0.29) is 29.9 Å². The van der Waals surface area contributed by atoms with Crippen LogP contribution in [0.3, 0.4) is 0 Å². The Morgan fingerprint density at radius 3 is 2.90 bits per heavy atom. The van der Waals surface area contributed by atoms with Gasteiger partial charge >= 0.3 is 5.63 Å². The predicted octanol–water partition coefficient (Wildman–Crippen LogP) is 3.07. The molecule has 0 radical (unpaired) electrons. The fourth-order valence-electron chi connectivity index (χ4n) is 4.89. The van der Waals surface area contributed by atoms with Crippen LogP contribution in [-0.2, 0) is 12.8 Å². The number of hydrogen-bond acceptors (Lipinski definition) is 4. The number of halogens is 1. The lowest BCUT2D eigenvalue weighted by Gasteiger charge is -2.23. The Labute approximate surface area is 181 Å². The topological polar surface area (TPSA) is 78.3 Å². The number of carbonyl (C=O) groups excluding carboxylic acids is 1. The first-order valence-corrected chi connectivity index (χ1v) is 10.3. The summed E-state index contributed by atoms with van der Waals surface area (Å²) < 4.78 is 5.56. The minimum Gasteiger partial charge on any atom is -0.427 e. The monoisotopic (exact) mass is 427 g/mol. The molecule has 2 aromatic heterocycles. The molecule has 0 unspecified atom stereocenters. The van der Waals surface area contributed by atoms with Gasteiger partial charge in [-0.2, -0.15) is 0 Å². The van der Waals surface area contributed by atoms with Gasteiger partial charge in [0.2, 0.25) is 0 Å². The van der Waals surface area contributed by atoms with Crippen LogP contribution in [0.25, 0.3) is 10.9 Å². The third kappa shape index (κ3) is 3.55. The normalized spacial score (nSPS) is 20.4. The Kier molecular flexibility index (Phi) is 5.71. The van der Waals surface area contributed by atoms with Gasteiger partial charge in [0.15, 0.2) is 0 Å². The second kappa shape index (κ2) is 8.28. The number of rotatable bonds is 4. The van der Waals surface area contributed by atoms with Crippen molar-refractivity contribution in [1.29, 1.82) is 0 Å². The van der Waals surface area contributed by atoms with Crippen molar-refractivity contribution >= 4 is 29.2 Å². The van der Waals surface area contributed by atoms with Crippen molar-refractivity contribution in [2.45, 2.75) is 32.2 Å². The lowest BCUT2D eigenvalue weighted by molar-refractivity contribution is 0.0731. The summed E-state index contributed by atoms with van der Waals surface area (Å²) in [5.74, 6) is 0.938. The van der Waals surface area contributed by atoms with Gasteiger partial charge in [-0.1, -0.05) is 18.2 Å². The van der Waals surface area contributed by atoms with Crippen LogP contribution in [0, 0.1) is 12.8 Å². The molecule has 2 saturated heterocycles. The summed E-state index contributed by atoms with van der Waals surface area (Å²) in [5.41, 5.74) is 2.67. The minimum atomic E-state index is -0.515. The molecule has 2 N–H and O–H groups in total. The molecule has 5 rings (SSSR count). The summed E-state index contributed by atoms with van der Waals surface area (Å²) in [5, 5.41) is 4.53. The van der Waals surface area contributed by atoms with E-state index in [2.05, 4.69) is 16.4 Å². The Morgan fingerprint density at radius 1 is 1.23 bits per heavy atom. The maximum absolute atomic E-state index is 13.1. The van der Waals surface area contributed by atoms with E-state index in [1.54, 1.807) is 0 Å². The second-order valence-corrected chi connectivity index (χ2v) is 8.19. The van der Waals surface area contributed by atoms with Gasteiger partial charge in [-0.3, -0.25) is 4.79 Å². The lowest BCUT2D eigenvalue weighted by atomic mass is 10.0. The number of aromatic nitrogens is 1. The molecule has 1 amide bonds. The molecular formula is C23H26ClN3O3. The molecule has 4 heterocycles. The lowest BCUT2D eigenvalue weighted by Crippen LogP contribution is -2.41. The van der Waals surface area contributed by atoms with Crippen LogP contribution in [0.1, 0.15) is 33.7 Å². The fraction of sp³-hybridized carbons (Fsp3) is 0.391. The van der Waals surface area contributed by atoms with Crippen molar-refractivity contribution in [2.24, 2.45) is 5.92 Å². The molecular weight excluding hydrogens is 402 g/mol. The van der Waals surface area contributed by atoms with Crippen molar-refractivity contribution in [3.8, 4) is 0 Å². The van der Waals surface area contributed by atoms with Gasteiger partial charge in [-0.15, -0.1) is 12.4 Å². The summed E-state index contributed by atoms with van der Waals surface area (Å²) in [4.78, 5) is 30.9. The maximum atomic E-state index is 13.1. The zero-order valence-electron chi connectivity index (χ0n) is 16.9. The van der Waals surface area contributed by atoms with Crippen molar-refractivity contribution in [3.05, 3.63) is 69.4 Å². The molecule has 30 heavy (non-hydrogen) atoms. The molecule has 0 aliphatic carbocycles. The van der Waals surface area contributed by atoms with Gasteiger partial charge in [-0.05, 0) is 48.9 Å². The number of aryl methyl sites for hydroxylation is 3. The minimum absolute atomic E-state index is 0. The number of likely N-dealkylation sites (tertiary alicyclic amines) is 1. The number of H-pyrrole nitrogens is 1. The van der Waals surface area contributed by atoms with Crippen LogP contribution < -0.4 is 10.9 Å². The summed E-state index contributed by atoms with van der Waals surface area (Å²) >= 11 is 0. The Morgan fingerprint density at radius 2 is 2.07 bits per heavy atom. The van der Waals surface area contributed by atoms with Crippen molar-refractivity contribution < 1.29 is 9.21 Å². The third-order valence-corrected chi connectivity index (χ3v) is 6.44. The number of aromatic amines is 1. The number of hydrogen-bond donors (Lipinski definition) is 2. The van der Waals surface area contributed by atoms with E-state index in [1.165, 1.54) is 10.9 Å². The molecule has 2 aliphatic rings. The zero-order chi connectivity index (χ0) is 20.0. The van der Waals surface area contributed by atoms with Crippen LogP contribution >= 0.6 is 12.4 Å². The van der Waals surface area contributed by atoms with E-state index < -0.39 is 5.63 Å². The molecule has 3 aromatic rings. The van der Waals surface area contributed by atoms with E-state index in [0.29, 0.717) is 23.7 Å². The standard InChI is InChI=1S/C23H25N3O3.ClH/c1-14-10-17(7-6-15-12-25-19-5-3-2-4-18(15)19)29-23(28)21(14)22(27)26-9-8-16-11-24-13-20(16)26;/h2-5,10,12,16,20,24-25H,6-9,11,13H2,1H3;1H/t16-,20+;/m0./s1. The van der Waals surface area contributed by atoms with E-state index in [0.717, 1.165) is 38.0 Å². The number of nitrogens with zero attached hydrogens (tertiary/aromatic N) is 1. The first-order chi connectivity index (χ1) is 14.1. The summed E-state index contributed by atoms with van der Waals surface area (Å²) in [6.45, 7) is 4.31. The molecule has 6 nitrogen and oxygen atoms in total. The van der Waals surface area contributed by atoms with Gasteiger partial charge in [0, 0.05) is 49.2 Å². The molecule has 0 bridgehead atoms. The summed E-state index contributed by atoms with van der Waals surface area (Å²) in [6, 6.07) is 10.2. The average molecular weight is 428 g/mol. The van der Waals surface area contributed by atoms with Gasteiger partial charge < -0.3 is 19.6 Å². The SMILES string of the molecule is Cc1cc(CCc2c[nH]c3ccccc23)oc(=O)c1C(=O)N1CC[C@H]2CNC[C@H]21.Cl. The maximum Gasteiger partial charge on any atom is 0.349 e. The van der Waals surface area contributed by atoms with Gasteiger partial charge in [0.1, 0.15) is 11.3 Å². The van der Waals surface area contributed by atoms with Gasteiger partial charge in [-0.25, -0.2) is 4.79 Å². The fourth-order valence-corrected chi connectivity index (χ4v) is 4.89. The highest BCUT2D eigenvalue weighted by Crippen LogP contribution is 2.28. The van der Waals surface area contributed by atoms with Crippen LogP contribution in [0.2, 0.25) is 0 Å². The Bertz CT molecular complexity index is 1140. The molecule has 2 aliphatic heterocycles. The molecule has 1 aromatic carbocycles. The molecule has 158 valence electrons. The quantitative estimate of drug-likeness (QED) is 0.670. The molecule has 0 saturated carbocycles. The van der Waals surface area contributed by atoms with Crippen LogP contribution in [0.15, 0.2) is 45.7 Å². The molecule has 2 fully saturated rings. The predicted molar refractivity (Wildman–Crippen MR) is 118 cm³/mol. The van der Waals surface area contributed by atoms with E-state index in [4.69, 9.17) is 4.42 Å². The number of benzene rings is 1. The first kappa shape index (κ1) is 20.7. The highest BCUT2D eigenvalue weighted by atomic mass is 35.5. The van der Waals surface area contributed by atoms with Crippen LogP contribution in [0.4, 0.5) is 0 Å².